The zero-order valence-corrected chi connectivity index (χ0v) is 21.2. The molecule has 188 valence electrons. The van der Waals surface area contributed by atoms with Crippen molar-refractivity contribution in [2.75, 3.05) is 42.8 Å². The van der Waals surface area contributed by atoms with Crippen molar-refractivity contribution in [2.45, 2.75) is 38.9 Å². The first-order valence-corrected chi connectivity index (χ1v) is 13.1. The second kappa shape index (κ2) is 9.68. The summed E-state index contributed by atoms with van der Waals surface area (Å²) >= 11 is 2.43. The number of halogens is 3. The summed E-state index contributed by atoms with van der Waals surface area (Å²) in [7, 11) is 1.82. The van der Waals surface area contributed by atoms with Crippen LogP contribution in [0.25, 0.3) is 10.2 Å². The lowest BCUT2D eigenvalue weighted by Crippen LogP contribution is -2.31. The minimum atomic E-state index is -4.23. The van der Waals surface area contributed by atoms with Crippen molar-refractivity contribution in [2.24, 2.45) is 5.41 Å². The van der Waals surface area contributed by atoms with Gasteiger partial charge in [0, 0.05) is 66.6 Å². The molecule has 2 aliphatic heterocycles. The number of thiophene rings is 1. The molecule has 8 nitrogen and oxygen atoms in total. The molecule has 3 aromatic heterocycles. The van der Waals surface area contributed by atoms with Gasteiger partial charge in [-0.05, 0) is 39.4 Å². The highest BCUT2D eigenvalue weighted by molar-refractivity contribution is 7.98. The van der Waals surface area contributed by atoms with E-state index in [0.29, 0.717) is 16.6 Å². The van der Waals surface area contributed by atoms with Crippen molar-refractivity contribution in [1.82, 2.24) is 29.6 Å². The van der Waals surface area contributed by atoms with Crippen molar-refractivity contribution in [3.8, 4) is 0 Å². The van der Waals surface area contributed by atoms with Crippen LogP contribution in [-0.2, 0) is 13.0 Å². The molecule has 0 radical (unpaired) electrons. The van der Waals surface area contributed by atoms with Crippen molar-refractivity contribution in [3.05, 3.63) is 34.7 Å². The number of anilines is 2. The van der Waals surface area contributed by atoms with E-state index in [0.717, 1.165) is 73.7 Å². The van der Waals surface area contributed by atoms with E-state index in [1.165, 1.54) is 12.1 Å². The van der Waals surface area contributed by atoms with Crippen LogP contribution in [0.3, 0.4) is 0 Å². The molecule has 5 rings (SSSR count). The molecule has 2 N–H and O–H groups in total. The number of nitrogens with one attached hydrogen (secondary N) is 2. The Morgan fingerprint density at radius 1 is 1.14 bits per heavy atom. The molecular weight excluding hydrogens is 497 g/mol. The molecule has 0 amide bonds. The van der Waals surface area contributed by atoms with Crippen LogP contribution in [-0.4, -0.2) is 64.2 Å². The van der Waals surface area contributed by atoms with E-state index < -0.39 is 12.6 Å². The molecule has 2 aliphatic rings. The van der Waals surface area contributed by atoms with Crippen molar-refractivity contribution >= 4 is 45.5 Å². The summed E-state index contributed by atoms with van der Waals surface area (Å²) in [5, 5.41) is 0.731. The summed E-state index contributed by atoms with van der Waals surface area (Å²) in [5.41, 5.74) is 1.22. The summed E-state index contributed by atoms with van der Waals surface area (Å²) in [4.78, 5) is 23.4. The second-order valence-corrected chi connectivity index (χ2v) is 11.2. The van der Waals surface area contributed by atoms with Crippen LogP contribution in [0.4, 0.5) is 24.9 Å². The molecule has 0 aliphatic carbocycles. The maximum atomic E-state index is 13.0. The molecule has 1 unspecified atom stereocenters. The van der Waals surface area contributed by atoms with Gasteiger partial charge in [-0.25, -0.2) is 24.7 Å². The number of fused-ring (bicyclic) bond motifs is 1. The van der Waals surface area contributed by atoms with E-state index in [-0.39, 0.29) is 10.3 Å². The van der Waals surface area contributed by atoms with E-state index in [9.17, 15) is 13.2 Å². The van der Waals surface area contributed by atoms with Crippen LogP contribution in [0.2, 0.25) is 0 Å². The first-order chi connectivity index (χ1) is 16.7. The third kappa shape index (κ3) is 5.63. The number of likely N-dealkylation sites (tertiary alicyclic amines) is 1. The molecule has 0 bridgehead atoms. The Labute approximate surface area is 210 Å². The summed E-state index contributed by atoms with van der Waals surface area (Å²) in [6.45, 7) is 6.25. The normalized spacial score (nSPS) is 21.0. The molecule has 0 saturated carbocycles. The van der Waals surface area contributed by atoms with Crippen LogP contribution in [0, 0.1) is 12.3 Å². The average Bonchev–Trinajstić information content (AvgIpc) is 3.50. The smallest absolute Gasteiger partial charge is 0.355 e. The van der Waals surface area contributed by atoms with Gasteiger partial charge in [-0.2, -0.15) is 13.2 Å². The fraction of sp³-hybridized carbons (Fsp3) is 0.545. The quantitative estimate of drug-likeness (QED) is 0.442. The minimum Gasteiger partial charge on any atom is -0.355 e. The van der Waals surface area contributed by atoms with E-state index in [1.807, 2.05) is 19.4 Å². The molecule has 3 aromatic rings. The van der Waals surface area contributed by atoms with Gasteiger partial charge in [-0.15, -0.1) is 11.3 Å². The van der Waals surface area contributed by atoms with Gasteiger partial charge in [0.1, 0.15) is 16.5 Å². The highest BCUT2D eigenvalue weighted by Gasteiger charge is 2.44. The van der Waals surface area contributed by atoms with Crippen LogP contribution < -0.4 is 14.3 Å². The molecule has 2 fully saturated rings. The Kier molecular flexibility index (Phi) is 6.77. The van der Waals surface area contributed by atoms with Gasteiger partial charge in [0.2, 0.25) is 5.95 Å². The van der Waals surface area contributed by atoms with Crippen LogP contribution in [0.15, 0.2) is 18.5 Å². The molecular formula is C22H27F3N8S2. The summed E-state index contributed by atoms with van der Waals surface area (Å²) in [6.07, 6.45) is 0.662. The Morgan fingerprint density at radius 3 is 2.66 bits per heavy atom. The van der Waals surface area contributed by atoms with Gasteiger partial charge in [0.15, 0.2) is 0 Å². The van der Waals surface area contributed by atoms with E-state index in [1.54, 1.807) is 13.0 Å². The Morgan fingerprint density at radius 2 is 1.91 bits per heavy atom. The zero-order chi connectivity index (χ0) is 24.6. The topological polar surface area (TPSA) is 82.1 Å². The lowest BCUT2D eigenvalue weighted by atomic mass is 9.86. The van der Waals surface area contributed by atoms with E-state index >= 15 is 0 Å². The Bertz CT molecular complexity index is 1190. The minimum absolute atomic E-state index is 0.155. The van der Waals surface area contributed by atoms with Crippen molar-refractivity contribution in [1.29, 1.82) is 0 Å². The average molecular weight is 525 g/mol. The number of rotatable bonds is 7. The lowest BCUT2D eigenvalue weighted by Gasteiger charge is -2.25. The monoisotopic (exact) mass is 524 g/mol. The second-order valence-electron chi connectivity index (χ2n) is 9.27. The highest BCUT2D eigenvalue weighted by Crippen LogP contribution is 2.43. The third-order valence-corrected chi connectivity index (χ3v) is 8.04. The number of aryl methyl sites for hydroxylation is 1. The Balaban J connectivity index is 1.27. The maximum Gasteiger partial charge on any atom is 0.393 e. The van der Waals surface area contributed by atoms with Gasteiger partial charge in [-0.3, -0.25) is 9.62 Å². The van der Waals surface area contributed by atoms with Gasteiger partial charge in [0.05, 0.1) is 11.8 Å². The number of hydrogen-bond donors (Lipinski definition) is 2. The van der Waals surface area contributed by atoms with Crippen molar-refractivity contribution < 1.29 is 13.2 Å². The van der Waals surface area contributed by atoms with Crippen LogP contribution in [0.5, 0.6) is 0 Å². The van der Waals surface area contributed by atoms with Crippen LogP contribution in [0.1, 0.15) is 29.1 Å². The van der Waals surface area contributed by atoms with Gasteiger partial charge in [-0.1, -0.05) is 0 Å². The molecule has 1 atom stereocenters. The molecule has 13 heteroatoms. The van der Waals surface area contributed by atoms with E-state index in [4.69, 9.17) is 0 Å². The first kappa shape index (κ1) is 24.5. The fourth-order valence-corrected chi connectivity index (χ4v) is 6.44. The molecule has 2 saturated heterocycles. The van der Waals surface area contributed by atoms with Gasteiger partial charge < -0.3 is 4.90 Å². The predicted molar refractivity (Wildman–Crippen MR) is 133 cm³/mol. The fourth-order valence-electron chi connectivity index (χ4n) is 5.04. The molecule has 1 spiro atoms. The van der Waals surface area contributed by atoms with Gasteiger partial charge in [0.25, 0.3) is 0 Å². The SMILES string of the molecule is CNSNc1ncc(CN2CCC3(CCN(c4nc(C)nc5sc(CC(F)(F)F)cc45)C3)C2)cn1. The number of nitrogens with zero attached hydrogens (tertiary/aromatic N) is 6. The van der Waals surface area contributed by atoms with Crippen molar-refractivity contribution in [3.63, 3.8) is 0 Å². The number of alkyl halides is 3. The summed E-state index contributed by atoms with van der Waals surface area (Å²) in [6, 6.07) is 1.63. The molecule has 35 heavy (non-hydrogen) atoms. The maximum absolute atomic E-state index is 13.0. The van der Waals surface area contributed by atoms with Gasteiger partial charge >= 0.3 is 6.18 Å². The molecule has 0 aromatic carbocycles. The Hall–Kier alpha value is -2.22. The van der Waals surface area contributed by atoms with E-state index in [2.05, 4.69) is 39.2 Å². The summed E-state index contributed by atoms with van der Waals surface area (Å²) < 4.78 is 44.8. The third-order valence-electron chi connectivity index (χ3n) is 6.52. The predicted octanol–water partition coefficient (Wildman–Crippen LogP) is 4.19. The standard InChI is InChI=1S/C22H27F3N8S2/c1-14-29-18(17-7-16(8-22(23,24)25)34-19(17)30-14)33-6-4-21(13-33)3-5-32(12-21)11-15-9-27-20(28-10-15)31-35-26-2/h7,9-10,26H,3-6,8,11-13H2,1-2H3,(H,27,28,31). The molecule has 5 heterocycles. The highest BCUT2D eigenvalue weighted by atomic mass is 32.2. The zero-order valence-electron chi connectivity index (χ0n) is 19.5. The number of hydrogen-bond acceptors (Lipinski definition) is 10. The largest absolute Gasteiger partial charge is 0.393 e. The van der Waals surface area contributed by atoms with Crippen LogP contribution >= 0.6 is 23.5 Å². The lowest BCUT2D eigenvalue weighted by molar-refractivity contribution is -0.126. The summed E-state index contributed by atoms with van der Waals surface area (Å²) in [5.74, 6) is 1.92. The first-order valence-electron chi connectivity index (χ1n) is 11.4. The number of aromatic nitrogens is 4.